The zero-order valence-electron chi connectivity index (χ0n) is 9.18. The fraction of sp³-hybridized carbons (Fsp3) is 1.00. The van der Waals surface area contributed by atoms with Gasteiger partial charge in [-0.3, -0.25) is 0 Å². The van der Waals surface area contributed by atoms with Crippen molar-refractivity contribution in [2.45, 2.75) is 51.3 Å². The molecule has 0 radical (unpaired) electrons. The Hall–Kier alpha value is 0.440. The molecule has 2 heteroatoms. The van der Waals surface area contributed by atoms with Crippen molar-refractivity contribution in [3.05, 3.63) is 0 Å². The average Bonchev–Trinajstić information content (AvgIpc) is 2.10. The van der Waals surface area contributed by atoms with Crippen LogP contribution in [0.5, 0.6) is 0 Å². The molecule has 1 nitrogen and oxygen atoms in total. The zero-order chi connectivity index (χ0) is 10.1. The molecule has 0 spiro atoms. The van der Waals surface area contributed by atoms with E-state index in [4.69, 9.17) is 4.74 Å². The molecule has 0 amide bonds. The molecule has 80 valence electrons. The highest BCUT2D eigenvalue weighted by Gasteiger charge is 2.00. The average molecular weight is 251 g/mol. The summed E-state index contributed by atoms with van der Waals surface area (Å²) in [5, 5.41) is 0. The van der Waals surface area contributed by atoms with Crippen molar-refractivity contribution in [2.24, 2.45) is 5.92 Å². The highest BCUT2D eigenvalue weighted by molar-refractivity contribution is 9.09. The number of halogens is 1. The van der Waals surface area contributed by atoms with Gasteiger partial charge in [0.15, 0.2) is 0 Å². The van der Waals surface area contributed by atoms with Gasteiger partial charge in [-0.05, 0) is 31.6 Å². The van der Waals surface area contributed by atoms with Gasteiger partial charge in [-0.25, -0.2) is 0 Å². The van der Waals surface area contributed by atoms with Crippen LogP contribution in [0.4, 0.5) is 0 Å². The lowest BCUT2D eigenvalue weighted by Crippen LogP contribution is -2.03. The van der Waals surface area contributed by atoms with Gasteiger partial charge in [0.05, 0.1) is 0 Å². The molecular weight excluding hydrogens is 228 g/mol. The minimum atomic E-state index is 0.682. The van der Waals surface area contributed by atoms with Gasteiger partial charge in [-0.1, -0.05) is 36.7 Å². The van der Waals surface area contributed by atoms with Crippen LogP contribution in [0.15, 0.2) is 0 Å². The maximum atomic E-state index is 5.52. The van der Waals surface area contributed by atoms with Gasteiger partial charge in [0.2, 0.25) is 0 Å². The zero-order valence-corrected chi connectivity index (χ0v) is 10.8. The van der Waals surface area contributed by atoms with Crippen molar-refractivity contribution in [1.82, 2.24) is 0 Å². The lowest BCUT2D eigenvalue weighted by atomic mass is 10.1. The minimum Gasteiger partial charge on any atom is -0.381 e. The minimum absolute atomic E-state index is 0.682. The smallest absolute Gasteiger partial charge is 0.0468 e. The molecule has 13 heavy (non-hydrogen) atoms. The summed E-state index contributed by atoms with van der Waals surface area (Å²) in [7, 11) is 0. The Kier molecular flexibility index (Phi) is 9.32. The molecule has 0 aromatic carbocycles. The van der Waals surface area contributed by atoms with Crippen molar-refractivity contribution < 1.29 is 4.74 Å². The van der Waals surface area contributed by atoms with Crippen molar-refractivity contribution in [3.8, 4) is 0 Å². The number of alkyl halides is 1. The standard InChI is InChI=1S/C11H23BrO/c1-4-11(12)6-5-8-13-9-7-10(2)3/h10-11H,4-9H2,1-3H3. The van der Waals surface area contributed by atoms with Gasteiger partial charge >= 0.3 is 0 Å². The van der Waals surface area contributed by atoms with Gasteiger partial charge in [-0.15, -0.1) is 0 Å². The number of ether oxygens (including phenoxy) is 1. The van der Waals surface area contributed by atoms with E-state index in [1.165, 1.54) is 25.7 Å². The molecule has 0 aromatic rings. The predicted molar refractivity (Wildman–Crippen MR) is 62.5 cm³/mol. The Morgan fingerprint density at radius 2 is 1.85 bits per heavy atom. The van der Waals surface area contributed by atoms with E-state index in [-0.39, 0.29) is 0 Å². The molecule has 0 bridgehead atoms. The van der Waals surface area contributed by atoms with Crippen molar-refractivity contribution in [3.63, 3.8) is 0 Å². The Balaban J connectivity index is 2.99. The fourth-order valence-corrected chi connectivity index (χ4v) is 1.36. The molecule has 0 aromatic heterocycles. The highest BCUT2D eigenvalue weighted by Crippen LogP contribution is 2.11. The molecule has 0 fully saturated rings. The van der Waals surface area contributed by atoms with Crippen LogP contribution in [0, 0.1) is 5.92 Å². The van der Waals surface area contributed by atoms with Crippen LogP contribution < -0.4 is 0 Å². The van der Waals surface area contributed by atoms with E-state index >= 15 is 0 Å². The second-order valence-corrected chi connectivity index (χ2v) is 5.24. The molecule has 0 N–H and O–H groups in total. The summed E-state index contributed by atoms with van der Waals surface area (Å²) in [5.41, 5.74) is 0. The van der Waals surface area contributed by atoms with Crippen molar-refractivity contribution in [1.29, 1.82) is 0 Å². The Morgan fingerprint density at radius 1 is 1.15 bits per heavy atom. The predicted octanol–water partition coefficient (Wildman–Crippen LogP) is 4.00. The van der Waals surface area contributed by atoms with Crippen LogP contribution in [-0.4, -0.2) is 18.0 Å². The van der Waals surface area contributed by atoms with Gasteiger partial charge in [0.1, 0.15) is 0 Å². The molecule has 0 saturated carbocycles. The molecule has 0 saturated heterocycles. The van der Waals surface area contributed by atoms with Crippen LogP contribution in [0.2, 0.25) is 0 Å². The van der Waals surface area contributed by atoms with Crippen molar-refractivity contribution >= 4 is 15.9 Å². The molecule has 0 aliphatic heterocycles. The van der Waals surface area contributed by atoms with Crippen molar-refractivity contribution in [2.75, 3.05) is 13.2 Å². The first-order valence-electron chi connectivity index (χ1n) is 5.38. The third-order valence-electron chi connectivity index (χ3n) is 2.09. The number of rotatable bonds is 8. The van der Waals surface area contributed by atoms with Gasteiger partial charge in [-0.2, -0.15) is 0 Å². The maximum absolute atomic E-state index is 5.52. The summed E-state index contributed by atoms with van der Waals surface area (Å²) in [6.07, 6.45) is 4.82. The van der Waals surface area contributed by atoms with E-state index in [1.54, 1.807) is 0 Å². The van der Waals surface area contributed by atoms with E-state index in [2.05, 4.69) is 36.7 Å². The molecule has 0 aliphatic carbocycles. The normalized spacial score (nSPS) is 13.6. The second kappa shape index (κ2) is 9.01. The summed E-state index contributed by atoms with van der Waals surface area (Å²) >= 11 is 3.61. The Morgan fingerprint density at radius 3 is 2.38 bits per heavy atom. The molecule has 1 unspecified atom stereocenters. The number of hydrogen-bond donors (Lipinski definition) is 0. The van der Waals surface area contributed by atoms with Crippen LogP contribution in [-0.2, 0) is 4.74 Å². The summed E-state index contributed by atoms with van der Waals surface area (Å²) in [6, 6.07) is 0. The van der Waals surface area contributed by atoms with E-state index in [9.17, 15) is 0 Å². The molecule has 0 aliphatic rings. The maximum Gasteiger partial charge on any atom is 0.0468 e. The molecule has 0 heterocycles. The van der Waals surface area contributed by atoms with E-state index in [0.29, 0.717) is 4.83 Å². The largest absolute Gasteiger partial charge is 0.381 e. The van der Waals surface area contributed by atoms with Crippen LogP contribution in [0.25, 0.3) is 0 Å². The number of hydrogen-bond acceptors (Lipinski definition) is 1. The third kappa shape index (κ3) is 10.4. The van der Waals surface area contributed by atoms with E-state index < -0.39 is 0 Å². The lowest BCUT2D eigenvalue weighted by molar-refractivity contribution is 0.120. The lowest BCUT2D eigenvalue weighted by Gasteiger charge is -2.08. The first kappa shape index (κ1) is 13.4. The van der Waals surface area contributed by atoms with Crippen LogP contribution in [0.3, 0.4) is 0 Å². The Labute approximate surface area is 91.4 Å². The molecular formula is C11H23BrO. The first-order valence-corrected chi connectivity index (χ1v) is 6.30. The van der Waals surface area contributed by atoms with E-state index in [1.807, 2.05) is 0 Å². The summed E-state index contributed by atoms with van der Waals surface area (Å²) in [5.74, 6) is 0.763. The first-order chi connectivity index (χ1) is 6.16. The highest BCUT2D eigenvalue weighted by atomic mass is 79.9. The van der Waals surface area contributed by atoms with Crippen LogP contribution >= 0.6 is 15.9 Å². The second-order valence-electron chi connectivity index (χ2n) is 3.94. The topological polar surface area (TPSA) is 9.23 Å². The quantitative estimate of drug-likeness (QED) is 0.468. The summed E-state index contributed by atoms with van der Waals surface area (Å²) in [4.78, 5) is 0.682. The molecule has 0 rings (SSSR count). The monoisotopic (exact) mass is 250 g/mol. The SMILES string of the molecule is CCC(Br)CCCOCCC(C)C. The van der Waals surface area contributed by atoms with Gasteiger partial charge in [0.25, 0.3) is 0 Å². The van der Waals surface area contributed by atoms with Crippen LogP contribution in [0.1, 0.15) is 46.5 Å². The van der Waals surface area contributed by atoms with Gasteiger partial charge in [0, 0.05) is 18.0 Å². The summed E-state index contributed by atoms with van der Waals surface area (Å²) in [6.45, 7) is 8.52. The summed E-state index contributed by atoms with van der Waals surface area (Å²) < 4.78 is 5.52. The fourth-order valence-electron chi connectivity index (χ4n) is 1.03. The van der Waals surface area contributed by atoms with Gasteiger partial charge < -0.3 is 4.74 Å². The van der Waals surface area contributed by atoms with E-state index in [0.717, 1.165) is 19.1 Å². The Bertz CT molecular complexity index is 104. The molecule has 1 atom stereocenters. The third-order valence-corrected chi connectivity index (χ3v) is 3.19.